The third kappa shape index (κ3) is 3.60. The minimum absolute atomic E-state index is 0.0501. The van der Waals surface area contributed by atoms with Crippen molar-refractivity contribution in [2.45, 2.75) is 38.1 Å². The van der Waals surface area contributed by atoms with Crippen LogP contribution in [-0.4, -0.2) is 48.3 Å². The molecular formula is C15H22N2O2S. The Balaban J connectivity index is 1.83. The predicted octanol–water partition coefficient (Wildman–Crippen LogP) is 2.15. The molecule has 0 radical (unpaired) electrons. The number of rotatable bonds is 5. The van der Waals surface area contributed by atoms with Crippen LogP contribution in [0.2, 0.25) is 0 Å². The van der Waals surface area contributed by atoms with E-state index in [9.17, 15) is 9.59 Å². The summed E-state index contributed by atoms with van der Waals surface area (Å²) in [5.41, 5.74) is 0. The first-order chi connectivity index (χ1) is 9.59. The summed E-state index contributed by atoms with van der Waals surface area (Å²) in [5.74, 6) is 0.174. The largest absolute Gasteiger partial charge is 0.347 e. The Morgan fingerprint density at radius 1 is 1.45 bits per heavy atom. The number of carbonyl (C=O) groups excluding carboxylic acids is 2. The molecule has 1 aliphatic rings. The van der Waals surface area contributed by atoms with Crippen LogP contribution in [0.3, 0.4) is 0 Å². The molecule has 2 rings (SSSR count). The third-order valence-corrected chi connectivity index (χ3v) is 4.63. The Hall–Kier alpha value is -1.36. The molecule has 0 bridgehead atoms. The first-order valence-corrected chi connectivity index (χ1v) is 8.00. The zero-order valence-corrected chi connectivity index (χ0v) is 13.0. The number of hydrogen-bond donors (Lipinski definition) is 0. The Labute approximate surface area is 124 Å². The van der Waals surface area contributed by atoms with E-state index in [1.807, 2.05) is 6.07 Å². The van der Waals surface area contributed by atoms with E-state index < -0.39 is 0 Å². The van der Waals surface area contributed by atoms with Crippen LogP contribution in [0.1, 0.15) is 30.6 Å². The van der Waals surface area contributed by atoms with Gasteiger partial charge in [-0.25, -0.2) is 0 Å². The summed E-state index contributed by atoms with van der Waals surface area (Å²) in [6, 6.07) is 3.90. The average Bonchev–Trinajstić information content (AvgIpc) is 3.08. The van der Waals surface area contributed by atoms with E-state index in [0.29, 0.717) is 6.42 Å². The molecule has 0 aliphatic carbocycles. The van der Waals surface area contributed by atoms with Crippen LogP contribution in [0, 0.1) is 0 Å². The topological polar surface area (TPSA) is 40.6 Å². The number of nitrogens with zero attached hydrogens (tertiary/aromatic N) is 2. The maximum absolute atomic E-state index is 12.3. The maximum Gasteiger partial charge on any atom is 0.244 e. The van der Waals surface area contributed by atoms with Crippen LogP contribution in [0.4, 0.5) is 0 Å². The van der Waals surface area contributed by atoms with Gasteiger partial charge in [0.25, 0.3) is 0 Å². The van der Waals surface area contributed by atoms with Crippen LogP contribution in [0.25, 0.3) is 0 Å². The number of thiophene rings is 1. The molecule has 1 atom stereocenters. The zero-order chi connectivity index (χ0) is 14.5. The molecule has 110 valence electrons. The highest BCUT2D eigenvalue weighted by molar-refractivity contribution is 7.09. The molecule has 2 amide bonds. The van der Waals surface area contributed by atoms with Gasteiger partial charge in [-0.2, -0.15) is 0 Å². The summed E-state index contributed by atoms with van der Waals surface area (Å²) in [7, 11) is 3.50. The predicted molar refractivity (Wildman–Crippen MR) is 80.7 cm³/mol. The van der Waals surface area contributed by atoms with E-state index in [1.54, 1.807) is 35.2 Å². The van der Waals surface area contributed by atoms with Crippen molar-refractivity contribution in [3.63, 3.8) is 0 Å². The molecule has 1 saturated heterocycles. The summed E-state index contributed by atoms with van der Waals surface area (Å²) in [5, 5.41) is 2.06. The zero-order valence-electron chi connectivity index (χ0n) is 12.2. The smallest absolute Gasteiger partial charge is 0.244 e. The van der Waals surface area contributed by atoms with Crippen LogP contribution in [0.5, 0.6) is 0 Å². The first-order valence-electron chi connectivity index (χ1n) is 7.12. The van der Waals surface area contributed by atoms with Gasteiger partial charge in [0.15, 0.2) is 0 Å². The molecule has 1 aliphatic heterocycles. The van der Waals surface area contributed by atoms with Gasteiger partial charge < -0.3 is 9.80 Å². The van der Waals surface area contributed by atoms with Crippen molar-refractivity contribution in [3.8, 4) is 0 Å². The van der Waals surface area contributed by atoms with E-state index in [1.165, 1.54) is 4.88 Å². The number of aryl methyl sites for hydroxylation is 1. The lowest BCUT2D eigenvalue weighted by molar-refractivity contribution is -0.142. The van der Waals surface area contributed by atoms with E-state index in [0.717, 1.165) is 32.2 Å². The summed E-state index contributed by atoms with van der Waals surface area (Å²) in [6.07, 6.45) is 4.08. The van der Waals surface area contributed by atoms with Gasteiger partial charge >= 0.3 is 0 Å². The van der Waals surface area contributed by atoms with Crippen molar-refractivity contribution < 1.29 is 9.59 Å². The lowest BCUT2D eigenvalue weighted by atomic mass is 10.1. The molecule has 1 aromatic rings. The lowest BCUT2D eigenvalue weighted by Crippen LogP contribution is -2.45. The molecule has 2 heterocycles. The molecule has 4 nitrogen and oxygen atoms in total. The van der Waals surface area contributed by atoms with Crippen LogP contribution < -0.4 is 0 Å². The average molecular weight is 294 g/mol. The second kappa shape index (κ2) is 6.88. The van der Waals surface area contributed by atoms with Crippen molar-refractivity contribution in [2.75, 3.05) is 20.6 Å². The van der Waals surface area contributed by atoms with E-state index >= 15 is 0 Å². The van der Waals surface area contributed by atoms with Gasteiger partial charge in [0.2, 0.25) is 11.8 Å². The fourth-order valence-electron chi connectivity index (χ4n) is 2.63. The standard InChI is InChI=1S/C15H22N2O2S/c1-16(2)15(19)13-8-4-10-17(13)14(18)9-3-6-12-7-5-11-20-12/h5,7,11,13H,3-4,6,8-10H2,1-2H3. The van der Waals surface area contributed by atoms with Crippen molar-refractivity contribution in [1.82, 2.24) is 9.80 Å². The van der Waals surface area contributed by atoms with E-state index in [2.05, 4.69) is 11.4 Å². The highest BCUT2D eigenvalue weighted by atomic mass is 32.1. The van der Waals surface area contributed by atoms with Gasteiger partial charge in [-0.15, -0.1) is 11.3 Å². The minimum Gasteiger partial charge on any atom is -0.347 e. The Bertz CT molecular complexity index is 456. The van der Waals surface area contributed by atoms with Gasteiger partial charge in [0, 0.05) is 31.9 Å². The molecule has 20 heavy (non-hydrogen) atoms. The highest BCUT2D eigenvalue weighted by Gasteiger charge is 2.34. The SMILES string of the molecule is CN(C)C(=O)C1CCCN1C(=O)CCCc1cccs1. The second-order valence-corrected chi connectivity index (χ2v) is 6.44. The van der Waals surface area contributed by atoms with E-state index in [-0.39, 0.29) is 17.9 Å². The van der Waals surface area contributed by atoms with Crippen molar-refractivity contribution in [2.24, 2.45) is 0 Å². The number of amides is 2. The van der Waals surface area contributed by atoms with Gasteiger partial charge in [-0.1, -0.05) is 6.07 Å². The number of likely N-dealkylation sites (N-methyl/N-ethyl adjacent to an activating group) is 1. The third-order valence-electron chi connectivity index (χ3n) is 3.69. The molecule has 0 spiro atoms. The van der Waals surface area contributed by atoms with Crippen molar-refractivity contribution in [3.05, 3.63) is 22.4 Å². The fourth-order valence-corrected chi connectivity index (χ4v) is 3.38. The molecule has 0 aromatic carbocycles. The quantitative estimate of drug-likeness (QED) is 0.835. The number of hydrogen-bond acceptors (Lipinski definition) is 3. The number of likely N-dealkylation sites (tertiary alicyclic amines) is 1. The van der Waals surface area contributed by atoms with Crippen LogP contribution in [-0.2, 0) is 16.0 Å². The molecule has 0 N–H and O–H groups in total. The van der Waals surface area contributed by atoms with Crippen LogP contribution >= 0.6 is 11.3 Å². The maximum atomic E-state index is 12.3. The van der Waals surface area contributed by atoms with Gasteiger partial charge in [0.05, 0.1) is 0 Å². The van der Waals surface area contributed by atoms with Gasteiger partial charge in [-0.3, -0.25) is 9.59 Å². The summed E-state index contributed by atoms with van der Waals surface area (Å²) >= 11 is 1.73. The first kappa shape index (κ1) is 15.0. The Morgan fingerprint density at radius 2 is 2.25 bits per heavy atom. The molecule has 1 aromatic heterocycles. The molecule has 1 unspecified atom stereocenters. The molecular weight excluding hydrogens is 272 g/mol. The summed E-state index contributed by atoms with van der Waals surface area (Å²) in [6.45, 7) is 0.724. The minimum atomic E-state index is -0.237. The lowest BCUT2D eigenvalue weighted by Gasteiger charge is -2.26. The van der Waals surface area contributed by atoms with Crippen molar-refractivity contribution >= 4 is 23.2 Å². The highest BCUT2D eigenvalue weighted by Crippen LogP contribution is 2.21. The van der Waals surface area contributed by atoms with Crippen LogP contribution in [0.15, 0.2) is 17.5 Å². The molecule has 0 saturated carbocycles. The Kier molecular flexibility index (Phi) is 5.17. The second-order valence-electron chi connectivity index (χ2n) is 5.41. The molecule has 1 fully saturated rings. The van der Waals surface area contributed by atoms with Gasteiger partial charge in [-0.05, 0) is 37.1 Å². The summed E-state index contributed by atoms with van der Waals surface area (Å²) in [4.78, 5) is 29.0. The number of carbonyl (C=O) groups is 2. The van der Waals surface area contributed by atoms with Crippen molar-refractivity contribution in [1.29, 1.82) is 0 Å². The fraction of sp³-hybridized carbons (Fsp3) is 0.600. The summed E-state index contributed by atoms with van der Waals surface area (Å²) < 4.78 is 0. The Morgan fingerprint density at radius 3 is 2.90 bits per heavy atom. The van der Waals surface area contributed by atoms with E-state index in [4.69, 9.17) is 0 Å². The van der Waals surface area contributed by atoms with Gasteiger partial charge in [0.1, 0.15) is 6.04 Å². The normalized spacial score (nSPS) is 18.3. The molecule has 5 heteroatoms. The monoisotopic (exact) mass is 294 g/mol.